The van der Waals surface area contributed by atoms with Crippen LogP contribution in [-0.2, 0) is 32.5 Å². The van der Waals surface area contributed by atoms with Gasteiger partial charge in [0, 0.05) is 49.6 Å². The largest absolute Gasteiger partial charge is 0.464 e. The van der Waals surface area contributed by atoms with Crippen molar-refractivity contribution < 1.29 is 28.0 Å². The second-order valence-electron chi connectivity index (χ2n) is 9.72. The third-order valence-corrected chi connectivity index (χ3v) is 10.1. The SMILES string of the molecule is CCOC(=O)C1CN(S(=O)(=O)c2ccc3cc(C(N)=NO)ccc3c2)CCN1C(=O)c1nc2c(s1)CN(C)CC2. The summed E-state index contributed by atoms with van der Waals surface area (Å²) in [5, 5.41) is 13.6. The fourth-order valence-electron chi connectivity index (χ4n) is 4.95. The Labute approximate surface area is 235 Å². The molecule has 12 nitrogen and oxygen atoms in total. The van der Waals surface area contributed by atoms with Gasteiger partial charge >= 0.3 is 5.97 Å². The summed E-state index contributed by atoms with van der Waals surface area (Å²) in [6.07, 6.45) is 0.748. The maximum absolute atomic E-state index is 13.7. The van der Waals surface area contributed by atoms with Crippen LogP contribution in [-0.4, -0.2) is 96.3 Å². The lowest BCUT2D eigenvalue weighted by molar-refractivity contribution is -0.149. The molecule has 3 aromatic rings. The first-order valence-electron chi connectivity index (χ1n) is 12.8. The highest BCUT2D eigenvalue weighted by Gasteiger charge is 2.42. The van der Waals surface area contributed by atoms with Gasteiger partial charge in [0.2, 0.25) is 10.0 Å². The lowest BCUT2D eigenvalue weighted by atomic mass is 10.1. The number of hydrogen-bond acceptors (Lipinski definition) is 10. The van der Waals surface area contributed by atoms with Gasteiger partial charge in [-0.15, -0.1) is 11.3 Å². The Bertz CT molecular complexity index is 1600. The molecule has 212 valence electrons. The summed E-state index contributed by atoms with van der Waals surface area (Å²) in [6.45, 7) is 3.12. The van der Waals surface area contributed by atoms with Gasteiger partial charge in [-0.05, 0) is 42.9 Å². The van der Waals surface area contributed by atoms with Gasteiger partial charge in [0.1, 0.15) is 6.04 Å². The number of ether oxygens (including phenoxy) is 1. The van der Waals surface area contributed by atoms with Gasteiger partial charge in [-0.1, -0.05) is 23.4 Å². The highest BCUT2D eigenvalue weighted by Crippen LogP contribution is 2.29. The predicted molar refractivity (Wildman–Crippen MR) is 149 cm³/mol. The number of esters is 1. The Morgan fingerprint density at radius 2 is 1.93 bits per heavy atom. The third kappa shape index (κ3) is 5.27. The van der Waals surface area contributed by atoms with Gasteiger partial charge < -0.3 is 25.5 Å². The highest BCUT2D eigenvalue weighted by atomic mass is 32.2. The van der Waals surface area contributed by atoms with Crippen LogP contribution in [0.5, 0.6) is 0 Å². The van der Waals surface area contributed by atoms with Crippen LogP contribution in [0.2, 0.25) is 0 Å². The van der Waals surface area contributed by atoms with E-state index >= 15 is 0 Å². The topological polar surface area (TPSA) is 159 Å². The first kappa shape index (κ1) is 28.0. The number of thiazole rings is 1. The van der Waals surface area contributed by atoms with Crippen molar-refractivity contribution in [3.05, 3.63) is 57.5 Å². The smallest absolute Gasteiger partial charge is 0.330 e. The fraction of sp³-hybridized carbons (Fsp3) is 0.385. The van der Waals surface area contributed by atoms with Crippen molar-refractivity contribution in [1.29, 1.82) is 0 Å². The van der Waals surface area contributed by atoms with Crippen LogP contribution in [0.3, 0.4) is 0 Å². The van der Waals surface area contributed by atoms with Crippen LogP contribution >= 0.6 is 11.3 Å². The molecule has 1 amide bonds. The van der Waals surface area contributed by atoms with Gasteiger partial charge in [-0.3, -0.25) is 4.79 Å². The summed E-state index contributed by atoms with van der Waals surface area (Å²) in [6, 6.07) is 8.55. The standard InChI is InChI=1S/C26H30N6O6S2/c1-3-38-26(34)21-14-31(10-11-32(21)25(33)24-28-20-8-9-30(2)15-22(20)39-24)40(36,37)19-7-6-16-12-18(23(27)29-35)5-4-17(16)13-19/h4-7,12-13,21,35H,3,8-11,14-15H2,1-2H3,(H2,27,29). The molecule has 5 rings (SSSR count). The average Bonchev–Trinajstić information content (AvgIpc) is 3.38. The molecule has 3 N–H and O–H groups in total. The van der Waals surface area contributed by atoms with E-state index in [0.29, 0.717) is 27.9 Å². The molecule has 2 aromatic carbocycles. The number of hydrogen-bond donors (Lipinski definition) is 2. The van der Waals surface area contributed by atoms with Crippen LogP contribution in [0.4, 0.5) is 0 Å². The molecule has 0 bridgehead atoms. The Morgan fingerprint density at radius 3 is 2.67 bits per heavy atom. The number of nitrogens with two attached hydrogens (primary N) is 1. The van der Waals surface area contributed by atoms with Crippen LogP contribution in [0.15, 0.2) is 46.4 Å². The molecule has 1 aromatic heterocycles. The number of amidine groups is 1. The Morgan fingerprint density at radius 1 is 1.18 bits per heavy atom. The summed E-state index contributed by atoms with van der Waals surface area (Å²) >= 11 is 1.32. The van der Waals surface area contributed by atoms with Crippen molar-refractivity contribution in [2.24, 2.45) is 10.9 Å². The Balaban J connectivity index is 1.40. The number of amides is 1. The number of piperazine rings is 1. The molecule has 2 aliphatic rings. The number of carbonyl (C=O) groups is 2. The molecule has 1 fully saturated rings. The van der Waals surface area contributed by atoms with Crippen LogP contribution in [0.1, 0.15) is 32.9 Å². The zero-order valence-electron chi connectivity index (χ0n) is 22.1. The molecule has 3 heterocycles. The van der Waals surface area contributed by atoms with E-state index in [1.165, 1.54) is 32.7 Å². The summed E-state index contributed by atoms with van der Waals surface area (Å²) in [7, 11) is -2.00. The molecule has 1 saturated heterocycles. The van der Waals surface area contributed by atoms with E-state index in [-0.39, 0.29) is 37.0 Å². The van der Waals surface area contributed by atoms with Crippen molar-refractivity contribution in [3.63, 3.8) is 0 Å². The second-order valence-corrected chi connectivity index (χ2v) is 12.7. The average molecular weight is 587 g/mol. The molecule has 0 spiro atoms. The van der Waals surface area contributed by atoms with Crippen molar-refractivity contribution in [2.45, 2.75) is 30.8 Å². The van der Waals surface area contributed by atoms with E-state index in [4.69, 9.17) is 15.7 Å². The lowest BCUT2D eigenvalue weighted by Gasteiger charge is -2.38. The third-order valence-electron chi connectivity index (χ3n) is 7.12. The van der Waals surface area contributed by atoms with E-state index in [2.05, 4.69) is 15.0 Å². The molecule has 14 heteroatoms. The first-order chi connectivity index (χ1) is 19.1. The van der Waals surface area contributed by atoms with Gasteiger partial charge in [0.15, 0.2) is 10.8 Å². The van der Waals surface area contributed by atoms with E-state index < -0.39 is 27.9 Å². The molecular formula is C26H30N6O6S2. The van der Waals surface area contributed by atoms with Crippen molar-refractivity contribution in [2.75, 3.05) is 39.8 Å². The fourth-order valence-corrected chi connectivity index (χ4v) is 7.57. The molecule has 40 heavy (non-hydrogen) atoms. The maximum Gasteiger partial charge on any atom is 0.330 e. The molecule has 0 radical (unpaired) electrons. The van der Waals surface area contributed by atoms with Crippen LogP contribution < -0.4 is 5.73 Å². The number of sulfonamides is 1. The Kier molecular flexibility index (Phi) is 7.77. The van der Waals surface area contributed by atoms with Crippen LogP contribution in [0.25, 0.3) is 10.8 Å². The van der Waals surface area contributed by atoms with Gasteiger partial charge in [-0.2, -0.15) is 4.31 Å². The zero-order valence-corrected chi connectivity index (χ0v) is 23.7. The van der Waals surface area contributed by atoms with Crippen molar-refractivity contribution in [1.82, 2.24) is 19.1 Å². The number of likely N-dealkylation sites (N-methyl/N-ethyl adjacent to an activating group) is 1. The number of rotatable bonds is 6. The van der Waals surface area contributed by atoms with Gasteiger partial charge in [0.25, 0.3) is 5.91 Å². The van der Waals surface area contributed by atoms with Crippen LogP contribution in [0, 0.1) is 0 Å². The minimum atomic E-state index is -4.01. The zero-order chi connectivity index (χ0) is 28.6. The number of benzene rings is 2. The van der Waals surface area contributed by atoms with E-state index in [0.717, 1.165) is 23.5 Å². The van der Waals surface area contributed by atoms with Crippen molar-refractivity contribution >= 4 is 49.8 Å². The number of carbonyl (C=O) groups excluding carboxylic acids is 2. The lowest BCUT2D eigenvalue weighted by Crippen LogP contribution is -2.59. The number of aromatic nitrogens is 1. The molecule has 2 aliphatic heterocycles. The Hall–Kier alpha value is -3.59. The number of oxime groups is 1. The van der Waals surface area contributed by atoms with E-state index in [1.807, 2.05) is 7.05 Å². The normalized spacial score (nSPS) is 19.0. The molecule has 0 saturated carbocycles. The quantitative estimate of drug-likeness (QED) is 0.143. The summed E-state index contributed by atoms with van der Waals surface area (Å²) in [5.74, 6) is -1.11. The van der Waals surface area contributed by atoms with E-state index in [9.17, 15) is 18.0 Å². The number of nitrogens with zero attached hydrogens (tertiary/aromatic N) is 5. The molecule has 1 unspecified atom stereocenters. The molecule has 0 aliphatic carbocycles. The highest BCUT2D eigenvalue weighted by molar-refractivity contribution is 7.89. The van der Waals surface area contributed by atoms with Gasteiger partial charge in [0.05, 0.1) is 17.2 Å². The minimum absolute atomic E-state index is 0.0122. The summed E-state index contributed by atoms with van der Waals surface area (Å²) in [4.78, 5) is 35.7. The van der Waals surface area contributed by atoms with Crippen molar-refractivity contribution in [3.8, 4) is 0 Å². The predicted octanol–water partition coefficient (Wildman–Crippen LogP) is 1.46. The summed E-state index contributed by atoms with van der Waals surface area (Å²) < 4.78 is 33.8. The molecular weight excluding hydrogens is 556 g/mol. The second kappa shape index (κ2) is 11.1. The maximum atomic E-state index is 13.7. The minimum Gasteiger partial charge on any atom is -0.464 e. The van der Waals surface area contributed by atoms with Gasteiger partial charge in [-0.25, -0.2) is 18.2 Å². The molecule has 1 atom stereocenters. The van der Waals surface area contributed by atoms with E-state index in [1.54, 1.807) is 31.2 Å². The first-order valence-corrected chi connectivity index (χ1v) is 15.0. The monoisotopic (exact) mass is 586 g/mol. The number of fused-ring (bicyclic) bond motifs is 2. The summed E-state index contributed by atoms with van der Waals surface area (Å²) in [5.41, 5.74) is 7.06.